The Labute approximate surface area is 108 Å². The lowest BCUT2D eigenvalue weighted by atomic mass is 9.90. The Morgan fingerprint density at radius 2 is 1.53 bits per heavy atom. The molecule has 0 bridgehead atoms. The van der Waals surface area contributed by atoms with Crippen LogP contribution in [0.3, 0.4) is 0 Å². The van der Waals surface area contributed by atoms with Gasteiger partial charge < -0.3 is 5.32 Å². The third-order valence-corrected chi connectivity index (χ3v) is 5.21. The second kappa shape index (κ2) is 5.45. The summed E-state index contributed by atoms with van der Waals surface area (Å²) in [5.74, 6) is 4.27. The monoisotopic (exact) mass is 247 g/mol. The van der Waals surface area contributed by atoms with E-state index < -0.39 is 0 Å². The van der Waals surface area contributed by atoms with E-state index in [-0.39, 0.29) is 0 Å². The summed E-state index contributed by atoms with van der Waals surface area (Å²) in [7, 11) is 0. The molecule has 0 amide bonds. The Kier molecular flexibility index (Phi) is 3.72. The molecular formula is C15H21NS. The second-order valence-corrected chi connectivity index (χ2v) is 6.47. The molecule has 92 valence electrons. The molecule has 1 atom stereocenters. The first-order chi connectivity index (χ1) is 8.43. The van der Waals surface area contributed by atoms with Crippen LogP contribution in [0.25, 0.3) is 0 Å². The molecule has 0 spiro atoms. The van der Waals surface area contributed by atoms with Gasteiger partial charge in [-0.25, -0.2) is 0 Å². The zero-order chi connectivity index (χ0) is 11.5. The standard InChI is InChI=1S/C15H21NS/c1-3-13(15-5-8-16-11-15)4-2-12(1)14-6-9-17-10-7-14/h1-4,14-16H,5-11H2. The van der Waals surface area contributed by atoms with Crippen molar-refractivity contribution in [2.45, 2.75) is 31.1 Å². The van der Waals surface area contributed by atoms with Crippen molar-refractivity contribution in [2.75, 3.05) is 24.6 Å². The maximum absolute atomic E-state index is 3.45. The molecule has 2 heterocycles. The first-order valence-electron chi connectivity index (χ1n) is 6.82. The third kappa shape index (κ3) is 2.69. The molecule has 2 fully saturated rings. The van der Waals surface area contributed by atoms with Crippen LogP contribution in [-0.2, 0) is 0 Å². The van der Waals surface area contributed by atoms with E-state index in [9.17, 15) is 0 Å². The minimum absolute atomic E-state index is 0.756. The molecule has 1 nitrogen and oxygen atoms in total. The summed E-state index contributed by atoms with van der Waals surface area (Å²) in [4.78, 5) is 0. The number of benzene rings is 1. The molecular weight excluding hydrogens is 226 g/mol. The normalized spacial score (nSPS) is 26.2. The van der Waals surface area contributed by atoms with Gasteiger partial charge in [-0.05, 0) is 60.3 Å². The Hall–Kier alpha value is -0.470. The van der Waals surface area contributed by atoms with E-state index in [1.165, 1.54) is 49.4 Å². The van der Waals surface area contributed by atoms with E-state index in [1.807, 2.05) is 0 Å². The Balaban J connectivity index is 1.70. The molecule has 1 N–H and O–H groups in total. The van der Waals surface area contributed by atoms with Gasteiger partial charge in [0.1, 0.15) is 0 Å². The lowest BCUT2D eigenvalue weighted by molar-refractivity contribution is 0.636. The van der Waals surface area contributed by atoms with Gasteiger partial charge in [0.15, 0.2) is 0 Å². The molecule has 17 heavy (non-hydrogen) atoms. The van der Waals surface area contributed by atoms with E-state index in [1.54, 1.807) is 5.56 Å². The van der Waals surface area contributed by atoms with Crippen LogP contribution >= 0.6 is 11.8 Å². The maximum atomic E-state index is 3.45. The number of rotatable bonds is 2. The van der Waals surface area contributed by atoms with E-state index in [4.69, 9.17) is 0 Å². The summed E-state index contributed by atoms with van der Waals surface area (Å²) in [6.07, 6.45) is 4.05. The van der Waals surface area contributed by atoms with Crippen molar-refractivity contribution < 1.29 is 0 Å². The van der Waals surface area contributed by atoms with Crippen LogP contribution in [-0.4, -0.2) is 24.6 Å². The van der Waals surface area contributed by atoms with E-state index in [0.717, 1.165) is 11.8 Å². The molecule has 0 aliphatic carbocycles. The average molecular weight is 247 g/mol. The van der Waals surface area contributed by atoms with Gasteiger partial charge >= 0.3 is 0 Å². The van der Waals surface area contributed by atoms with E-state index >= 15 is 0 Å². The van der Waals surface area contributed by atoms with Gasteiger partial charge in [0.2, 0.25) is 0 Å². The van der Waals surface area contributed by atoms with Gasteiger partial charge in [-0.1, -0.05) is 24.3 Å². The lowest BCUT2D eigenvalue weighted by Gasteiger charge is -2.22. The van der Waals surface area contributed by atoms with Crippen molar-refractivity contribution in [3.63, 3.8) is 0 Å². The van der Waals surface area contributed by atoms with Crippen molar-refractivity contribution >= 4 is 11.8 Å². The van der Waals surface area contributed by atoms with Crippen molar-refractivity contribution in [3.8, 4) is 0 Å². The highest BCUT2D eigenvalue weighted by molar-refractivity contribution is 7.99. The molecule has 2 heteroatoms. The Morgan fingerprint density at radius 3 is 2.12 bits per heavy atom. The van der Waals surface area contributed by atoms with Crippen LogP contribution in [0, 0.1) is 0 Å². The lowest BCUT2D eigenvalue weighted by Crippen LogP contribution is -2.09. The predicted octanol–water partition coefficient (Wildman–Crippen LogP) is 3.37. The summed E-state index contributed by atoms with van der Waals surface area (Å²) in [5.41, 5.74) is 3.10. The predicted molar refractivity (Wildman–Crippen MR) is 76.0 cm³/mol. The van der Waals surface area contributed by atoms with Crippen LogP contribution < -0.4 is 5.32 Å². The number of thioether (sulfide) groups is 1. The molecule has 0 saturated carbocycles. The SMILES string of the molecule is c1cc(C2CCNC2)ccc1C1CCSCC1. The molecule has 2 saturated heterocycles. The minimum atomic E-state index is 0.756. The topological polar surface area (TPSA) is 12.0 Å². The van der Waals surface area contributed by atoms with Crippen molar-refractivity contribution in [2.24, 2.45) is 0 Å². The summed E-state index contributed by atoms with van der Waals surface area (Å²) in [6, 6.07) is 9.51. The molecule has 1 aromatic carbocycles. The van der Waals surface area contributed by atoms with Gasteiger partial charge in [0, 0.05) is 6.54 Å². The minimum Gasteiger partial charge on any atom is -0.316 e. The fourth-order valence-corrected chi connectivity index (χ4v) is 4.12. The largest absolute Gasteiger partial charge is 0.316 e. The highest BCUT2D eigenvalue weighted by Crippen LogP contribution is 2.32. The van der Waals surface area contributed by atoms with Crippen molar-refractivity contribution in [1.29, 1.82) is 0 Å². The fraction of sp³-hybridized carbons (Fsp3) is 0.600. The molecule has 0 aromatic heterocycles. The Bertz CT molecular complexity index is 348. The van der Waals surface area contributed by atoms with Crippen molar-refractivity contribution in [3.05, 3.63) is 35.4 Å². The van der Waals surface area contributed by atoms with E-state index in [0.29, 0.717) is 0 Å². The van der Waals surface area contributed by atoms with Crippen LogP contribution in [0.2, 0.25) is 0 Å². The van der Waals surface area contributed by atoms with E-state index in [2.05, 4.69) is 41.3 Å². The molecule has 2 aliphatic rings. The van der Waals surface area contributed by atoms with Crippen molar-refractivity contribution in [1.82, 2.24) is 5.32 Å². The van der Waals surface area contributed by atoms with Crippen LogP contribution in [0.15, 0.2) is 24.3 Å². The van der Waals surface area contributed by atoms with Gasteiger partial charge in [0.25, 0.3) is 0 Å². The summed E-state index contributed by atoms with van der Waals surface area (Å²) < 4.78 is 0. The smallest absolute Gasteiger partial charge is 0.00206 e. The summed E-state index contributed by atoms with van der Waals surface area (Å²) in [5, 5.41) is 3.45. The molecule has 2 aliphatic heterocycles. The van der Waals surface area contributed by atoms with Crippen LogP contribution in [0.4, 0.5) is 0 Å². The zero-order valence-corrected chi connectivity index (χ0v) is 11.1. The highest BCUT2D eigenvalue weighted by atomic mass is 32.2. The molecule has 0 radical (unpaired) electrons. The fourth-order valence-electron chi connectivity index (χ4n) is 3.01. The molecule has 3 rings (SSSR count). The van der Waals surface area contributed by atoms with Crippen LogP contribution in [0.1, 0.15) is 42.2 Å². The summed E-state index contributed by atoms with van der Waals surface area (Å²) in [6.45, 7) is 2.35. The molecule has 1 unspecified atom stereocenters. The van der Waals surface area contributed by atoms with Crippen LogP contribution in [0.5, 0.6) is 0 Å². The maximum Gasteiger partial charge on any atom is 0.00206 e. The first kappa shape index (κ1) is 11.6. The highest BCUT2D eigenvalue weighted by Gasteiger charge is 2.18. The van der Waals surface area contributed by atoms with Gasteiger partial charge in [0.05, 0.1) is 0 Å². The number of hydrogen-bond acceptors (Lipinski definition) is 2. The summed E-state index contributed by atoms with van der Waals surface area (Å²) >= 11 is 2.11. The first-order valence-corrected chi connectivity index (χ1v) is 7.97. The van der Waals surface area contributed by atoms with Gasteiger partial charge in [-0.2, -0.15) is 11.8 Å². The zero-order valence-electron chi connectivity index (χ0n) is 10.3. The third-order valence-electron chi connectivity index (χ3n) is 4.16. The van der Waals surface area contributed by atoms with Gasteiger partial charge in [-0.15, -0.1) is 0 Å². The van der Waals surface area contributed by atoms with Gasteiger partial charge in [-0.3, -0.25) is 0 Å². The second-order valence-electron chi connectivity index (χ2n) is 5.24. The molecule has 1 aromatic rings. The Morgan fingerprint density at radius 1 is 0.882 bits per heavy atom. The number of hydrogen-bond donors (Lipinski definition) is 1. The quantitative estimate of drug-likeness (QED) is 0.860. The number of nitrogens with one attached hydrogen (secondary N) is 1. The average Bonchev–Trinajstić information content (AvgIpc) is 2.94.